The van der Waals surface area contributed by atoms with Gasteiger partial charge in [0, 0.05) is 50.2 Å². The Morgan fingerprint density at radius 1 is 1.03 bits per heavy atom. The molecule has 2 heterocycles. The number of carbonyl (C=O) groups excluding carboxylic acids is 1. The Balaban J connectivity index is 0.00000361. The first kappa shape index (κ1) is 27.7. The molecular formula is C28H37ClN4O3. The molecule has 2 aromatic carbocycles. The number of aromatic nitrogens is 1. The van der Waals surface area contributed by atoms with Crippen molar-refractivity contribution in [3.8, 4) is 5.75 Å². The van der Waals surface area contributed by atoms with Crippen molar-refractivity contribution in [1.82, 2.24) is 20.1 Å². The van der Waals surface area contributed by atoms with E-state index in [0.29, 0.717) is 23.9 Å². The molecule has 1 amide bonds. The molecule has 4 rings (SSSR count). The number of rotatable bonds is 9. The fourth-order valence-corrected chi connectivity index (χ4v) is 4.80. The summed E-state index contributed by atoms with van der Waals surface area (Å²) in [4.78, 5) is 27.7. The van der Waals surface area contributed by atoms with Gasteiger partial charge >= 0.3 is 0 Å². The van der Waals surface area contributed by atoms with Gasteiger partial charge in [0.25, 0.3) is 11.5 Å². The van der Waals surface area contributed by atoms with E-state index in [2.05, 4.69) is 46.7 Å². The molecule has 194 valence electrons. The Morgan fingerprint density at radius 2 is 1.72 bits per heavy atom. The largest absolute Gasteiger partial charge is 0.497 e. The number of piperidine rings is 1. The molecule has 0 atom stereocenters. The van der Waals surface area contributed by atoms with Gasteiger partial charge in [0.05, 0.1) is 18.2 Å². The second kappa shape index (κ2) is 12.9. The van der Waals surface area contributed by atoms with Crippen LogP contribution in [0.3, 0.4) is 0 Å². The number of fused-ring (bicyclic) bond motifs is 1. The lowest BCUT2D eigenvalue weighted by molar-refractivity contribution is 0.0964. The molecule has 0 radical (unpaired) electrons. The molecule has 2 N–H and O–H groups in total. The lowest BCUT2D eigenvalue weighted by Gasteiger charge is -2.32. The standard InChI is InChI=1S/C28H36N4O3.ClH/c1-4-20-5-7-21(8-6-20)19-30-22-11-13-31(14-12-22)15-16-32-26-17-23(35-3)9-10-24(26)25(18-27(32)33)28(34)29-2;/h5-10,17-18,22,30H,4,11-16,19H2,1-3H3,(H,29,34);1H. The second-order valence-electron chi connectivity index (χ2n) is 9.18. The van der Waals surface area contributed by atoms with Crippen molar-refractivity contribution in [2.75, 3.05) is 33.8 Å². The first-order valence-corrected chi connectivity index (χ1v) is 12.5. The highest BCUT2D eigenvalue weighted by molar-refractivity contribution is 6.06. The van der Waals surface area contributed by atoms with Crippen LogP contribution in [0.25, 0.3) is 10.9 Å². The maximum absolute atomic E-state index is 13.0. The number of hydrogen-bond acceptors (Lipinski definition) is 5. The Hall–Kier alpha value is -2.87. The molecule has 7 nitrogen and oxygen atoms in total. The highest BCUT2D eigenvalue weighted by Crippen LogP contribution is 2.23. The molecule has 0 bridgehead atoms. The quantitative estimate of drug-likeness (QED) is 0.458. The van der Waals surface area contributed by atoms with Gasteiger partial charge in [0.15, 0.2) is 0 Å². The summed E-state index contributed by atoms with van der Waals surface area (Å²) in [6.07, 6.45) is 3.25. The number of nitrogens with zero attached hydrogens (tertiary/aromatic N) is 2. The van der Waals surface area contributed by atoms with E-state index in [0.717, 1.165) is 56.3 Å². The minimum Gasteiger partial charge on any atom is -0.497 e. The van der Waals surface area contributed by atoms with Gasteiger partial charge in [-0.25, -0.2) is 0 Å². The summed E-state index contributed by atoms with van der Waals surface area (Å²) in [5, 5.41) is 7.08. The number of aryl methyl sites for hydroxylation is 1. The average Bonchev–Trinajstić information content (AvgIpc) is 2.91. The van der Waals surface area contributed by atoms with E-state index >= 15 is 0 Å². The summed E-state index contributed by atoms with van der Waals surface area (Å²) in [6.45, 7) is 6.43. The summed E-state index contributed by atoms with van der Waals surface area (Å²) in [6, 6.07) is 16.3. The van der Waals surface area contributed by atoms with E-state index in [9.17, 15) is 9.59 Å². The molecule has 1 fully saturated rings. The molecule has 8 heteroatoms. The van der Waals surface area contributed by atoms with E-state index in [1.54, 1.807) is 18.7 Å². The van der Waals surface area contributed by atoms with Gasteiger partial charge in [-0.3, -0.25) is 9.59 Å². The zero-order valence-corrected chi connectivity index (χ0v) is 22.2. The van der Waals surface area contributed by atoms with Crippen LogP contribution in [0, 0.1) is 0 Å². The molecule has 0 unspecified atom stereocenters. The number of ether oxygens (including phenoxy) is 1. The van der Waals surface area contributed by atoms with Gasteiger partial charge in [0.1, 0.15) is 5.75 Å². The van der Waals surface area contributed by atoms with Crippen molar-refractivity contribution < 1.29 is 9.53 Å². The first-order chi connectivity index (χ1) is 17.0. The van der Waals surface area contributed by atoms with Crippen molar-refractivity contribution >= 4 is 29.2 Å². The number of nitrogens with one attached hydrogen (secondary N) is 2. The van der Waals surface area contributed by atoms with Crippen LogP contribution in [0.4, 0.5) is 0 Å². The predicted molar refractivity (Wildman–Crippen MR) is 148 cm³/mol. The lowest BCUT2D eigenvalue weighted by atomic mass is 10.0. The lowest BCUT2D eigenvalue weighted by Crippen LogP contribution is -2.43. The first-order valence-electron chi connectivity index (χ1n) is 12.5. The zero-order valence-electron chi connectivity index (χ0n) is 21.4. The van der Waals surface area contributed by atoms with E-state index in [1.807, 2.05) is 18.2 Å². The number of likely N-dealkylation sites (tertiary alicyclic amines) is 1. The van der Waals surface area contributed by atoms with Crippen LogP contribution in [0.1, 0.15) is 41.3 Å². The van der Waals surface area contributed by atoms with E-state index in [1.165, 1.54) is 17.2 Å². The van der Waals surface area contributed by atoms with Crippen molar-refractivity contribution in [3.05, 3.63) is 75.6 Å². The molecule has 1 aliphatic heterocycles. The van der Waals surface area contributed by atoms with E-state index in [-0.39, 0.29) is 23.9 Å². The molecule has 1 aromatic heterocycles. The van der Waals surface area contributed by atoms with Crippen molar-refractivity contribution in [2.45, 2.75) is 45.3 Å². The summed E-state index contributed by atoms with van der Waals surface area (Å²) in [5.74, 6) is 0.399. The van der Waals surface area contributed by atoms with Crippen LogP contribution in [-0.2, 0) is 19.5 Å². The van der Waals surface area contributed by atoms with Gasteiger partial charge in [-0.15, -0.1) is 12.4 Å². The summed E-state index contributed by atoms with van der Waals surface area (Å²) in [5.41, 5.74) is 3.64. The Bertz CT molecular complexity index is 1220. The minimum atomic E-state index is -0.264. The van der Waals surface area contributed by atoms with E-state index in [4.69, 9.17) is 4.74 Å². The van der Waals surface area contributed by atoms with Gasteiger partial charge < -0.3 is 24.8 Å². The fourth-order valence-electron chi connectivity index (χ4n) is 4.80. The van der Waals surface area contributed by atoms with E-state index < -0.39 is 0 Å². The smallest absolute Gasteiger partial charge is 0.251 e. The normalized spacial score (nSPS) is 14.4. The summed E-state index contributed by atoms with van der Waals surface area (Å²) in [7, 11) is 3.17. The van der Waals surface area contributed by atoms with Gasteiger partial charge in [0.2, 0.25) is 0 Å². The zero-order chi connectivity index (χ0) is 24.8. The molecule has 36 heavy (non-hydrogen) atoms. The Morgan fingerprint density at radius 3 is 2.36 bits per heavy atom. The van der Waals surface area contributed by atoms with Crippen LogP contribution in [0.2, 0.25) is 0 Å². The Kier molecular flexibility index (Phi) is 9.93. The molecule has 0 saturated carbocycles. The van der Waals surface area contributed by atoms with Crippen LogP contribution < -0.4 is 20.9 Å². The van der Waals surface area contributed by atoms with Crippen molar-refractivity contribution in [2.24, 2.45) is 0 Å². The number of carbonyl (C=O) groups is 1. The van der Waals surface area contributed by atoms with Crippen molar-refractivity contribution in [1.29, 1.82) is 0 Å². The monoisotopic (exact) mass is 512 g/mol. The van der Waals surface area contributed by atoms with Gasteiger partial charge in [-0.1, -0.05) is 31.2 Å². The third-order valence-corrected chi connectivity index (χ3v) is 7.04. The van der Waals surface area contributed by atoms with Crippen LogP contribution in [0.5, 0.6) is 5.75 Å². The number of amides is 1. The average molecular weight is 513 g/mol. The Labute approximate surface area is 219 Å². The SMILES string of the molecule is CCc1ccc(CNC2CCN(CCn3c(=O)cc(C(=O)NC)c4ccc(OC)cc43)CC2)cc1.Cl. The second-order valence-corrected chi connectivity index (χ2v) is 9.18. The number of pyridine rings is 1. The van der Waals surface area contributed by atoms with Crippen LogP contribution in [0.15, 0.2) is 53.3 Å². The van der Waals surface area contributed by atoms with Gasteiger partial charge in [-0.2, -0.15) is 0 Å². The predicted octanol–water partition coefficient (Wildman–Crippen LogP) is 3.61. The molecular weight excluding hydrogens is 476 g/mol. The molecule has 1 aliphatic rings. The number of methoxy groups -OCH3 is 1. The minimum absolute atomic E-state index is 0. The number of hydrogen-bond donors (Lipinski definition) is 2. The van der Waals surface area contributed by atoms with Crippen LogP contribution >= 0.6 is 12.4 Å². The maximum Gasteiger partial charge on any atom is 0.251 e. The number of halogens is 1. The maximum atomic E-state index is 13.0. The van der Waals surface area contributed by atoms with Crippen LogP contribution in [-0.4, -0.2) is 55.2 Å². The molecule has 1 saturated heterocycles. The summed E-state index contributed by atoms with van der Waals surface area (Å²) >= 11 is 0. The highest BCUT2D eigenvalue weighted by atomic mass is 35.5. The third kappa shape index (κ3) is 6.46. The fraction of sp³-hybridized carbons (Fsp3) is 0.429. The molecule has 0 spiro atoms. The number of benzene rings is 2. The summed E-state index contributed by atoms with van der Waals surface area (Å²) < 4.78 is 7.14. The third-order valence-electron chi connectivity index (χ3n) is 7.04. The highest BCUT2D eigenvalue weighted by Gasteiger charge is 2.20. The molecule has 0 aliphatic carbocycles. The van der Waals surface area contributed by atoms with Gasteiger partial charge in [-0.05, 0) is 55.6 Å². The topological polar surface area (TPSA) is 75.6 Å². The molecule has 3 aromatic rings. The van der Waals surface area contributed by atoms with Crippen molar-refractivity contribution in [3.63, 3.8) is 0 Å².